The highest BCUT2D eigenvalue weighted by Crippen LogP contribution is 2.32. The largest absolute Gasteiger partial charge is 0.486 e. The Morgan fingerprint density at radius 2 is 1.83 bits per heavy atom. The summed E-state index contributed by atoms with van der Waals surface area (Å²) in [6.45, 7) is 3.83. The van der Waals surface area contributed by atoms with Crippen molar-refractivity contribution < 1.29 is 19.2 Å². The van der Waals surface area contributed by atoms with Gasteiger partial charge in [-0.2, -0.15) is 0 Å². The Labute approximate surface area is 142 Å². The third kappa shape index (κ3) is 3.86. The van der Waals surface area contributed by atoms with Crippen molar-refractivity contribution in [1.82, 2.24) is 0 Å². The smallest absolute Gasteiger partial charge is 0.282 e. The van der Waals surface area contributed by atoms with E-state index in [1.165, 1.54) is 5.56 Å². The van der Waals surface area contributed by atoms with Crippen LogP contribution < -0.4 is 19.7 Å². The summed E-state index contributed by atoms with van der Waals surface area (Å²) < 4.78 is 11.0. The molecule has 1 amide bonds. The van der Waals surface area contributed by atoms with Crippen molar-refractivity contribution in [3.63, 3.8) is 0 Å². The molecule has 2 N–H and O–H groups in total. The van der Waals surface area contributed by atoms with Crippen molar-refractivity contribution >= 4 is 11.6 Å². The molecule has 126 valence electrons. The van der Waals surface area contributed by atoms with Gasteiger partial charge in [-0.15, -0.1) is 0 Å². The van der Waals surface area contributed by atoms with Gasteiger partial charge in [-0.25, -0.2) is 0 Å². The van der Waals surface area contributed by atoms with E-state index in [-0.39, 0.29) is 11.9 Å². The molecule has 3 rings (SSSR count). The molecule has 1 unspecified atom stereocenters. The lowest BCUT2D eigenvalue weighted by Crippen LogP contribution is -3.12. The Bertz CT molecular complexity index is 703. The molecule has 0 saturated heterocycles. The highest BCUT2D eigenvalue weighted by Gasteiger charge is 2.22. The van der Waals surface area contributed by atoms with Gasteiger partial charge in [-0.05, 0) is 19.1 Å². The predicted molar refractivity (Wildman–Crippen MR) is 92.6 cm³/mol. The van der Waals surface area contributed by atoms with Crippen molar-refractivity contribution in [2.75, 3.05) is 25.6 Å². The number of likely N-dealkylation sites (N-methyl/N-ethyl adjacent to an activating group) is 1. The summed E-state index contributed by atoms with van der Waals surface area (Å²) in [5.74, 6) is 1.39. The Balaban J connectivity index is 1.61. The molecule has 0 spiro atoms. The SMILES string of the molecule is C[C@H](C(=O)Nc1ccc2c(c1)OCCO2)[NH+](C)Cc1ccccc1. The van der Waals surface area contributed by atoms with E-state index in [0.29, 0.717) is 19.0 Å². The van der Waals surface area contributed by atoms with E-state index < -0.39 is 0 Å². The van der Waals surface area contributed by atoms with E-state index in [9.17, 15) is 4.79 Å². The van der Waals surface area contributed by atoms with Gasteiger partial charge in [0.15, 0.2) is 17.5 Å². The van der Waals surface area contributed by atoms with Crippen LogP contribution in [0.4, 0.5) is 5.69 Å². The van der Waals surface area contributed by atoms with Crippen LogP contribution in [0.5, 0.6) is 11.5 Å². The topological polar surface area (TPSA) is 52.0 Å². The van der Waals surface area contributed by atoms with Gasteiger partial charge in [0.1, 0.15) is 19.8 Å². The summed E-state index contributed by atoms with van der Waals surface area (Å²) in [5, 5.41) is 2.96. The van der Waals surface area contributed by atoms with Crippen LogP contribution in [0.1, 0.15) is 12.5 Å². The monoisotopic (exact) mass is 327 g/mol. The Hall–Kier alpha value is -2.53. The summed E-state index contributed by atoms with van der Waals surface area (Å²) in [4.78, 5) is 13.6. The average molecular weight is 327 g/mol. The Morgan fingerprint density at radius 3 is 2.58 bits per heavy atom. The second-order valence-corrected chi connectivity index (χ2v) is 6.08. The minimum Gasteiger partial charge on any atom is -0.486 e. The van der Waals surface area contributed by atoms with Gasteiger partial charge in [-0.1, -0.05) is 30.3 Å². The fourth-order valence-electron chi connectivity index (χ4n) is 2.67. The van der Waals surface area contributed by atoms with Gasteiger partial charge >= 0.3 is 0 Å². The highest BCUT2D eigenvalue weighted by atomic mass is 16.6. The van der Waals surface area contributed by atoms with Crippen LogP contribution >= 0.6 is 0 Å². The molecule has 2 aromatic rings. The maximum absolute atomic E-state index is 12.5. The van der Waals surface area contributed by atoms with Crippen LogP contribution in [0.15, 0.2) is 48.5 Å². The number of rotatable bonds is 5. The van der Waals surface area contributed by atoms with Crippen molar-refractivity contribution in [3.05, 3.63) is 54.1 Å². The summed E-state index contributed by atoms with van der Waals surface area (Å²) in [5.41, 5.74) is 1.94. The number of hydrogen-bond donors (Lipinski definition) is 2. The second kappa shape index (κ2) is 7.36. The maximum atomic E-state index is 12.5. The van der Waals surface area contributed by atoms with Crippen molar-refractivity contribution in [1.29, 1.82) is 0 Å². The zero-order valence-electron chi connectivity index (χ0n) is 14.0. The summed E-state index contributed by atoms with van der Waals surface area (Å²) in [6, 6.07) is 15.5. The molecule has 0 fully saturated rings. The van der Waals surface area contributed by atoms with Gasteiger partial charge in [0.05, 0.1) is 7.05 Å². The lowest BCUT2D eigenvalue weighted by molar-refractivity contribution is -0.907. The number of benzene rings is 2. The number of ether oxygens (including phenoxy) is 2. The van der Waals surface area contributed by atoms with Crippen LogP contribution in [-0.4, -0.2) is 32.2 Å². The van der Waals surface area contributed by atoms with E-state index in [0.717, 1.165) is 22.9 Å². The first-order valence-electron chi connectivity index (χ1n) is 8.20. The molecule has 1 heterocycles. The number of amides is 1. The quantitative estimate of drug-likeness (QED) is 0.875. The minimum atomic E-state index is -0.168. The molecule has 24 heavy (non-hydrogen) atoms. The molecule has 5 nitrogen and oxygen atoms in total. The number of carbonyl (C=O) groups is 1. The van der Waals surface area contributed by atoms with Crippen LogP contribution in [-0.2, 0) is 11.3 Å². The second-order valence-electron chi connectivity index (χ2n) is 6.08. The van der Waals surface area contributed by atoms with Gasteiger partial charge in [0.2, 0.25) is 0 Å². The Kier molecular flexibility index (Phi) is 5.01. The molecule has 0 saturated carbocycles. The number of anilines is 1. The summed E-state index contributed by atoms with van der Waals surface area (Å²) >= 11 is 0. The maximum Gasteiger partial charge on any atom is 0.282 e. The van der Waals surface area contributed by atoms with E-state index in [1.54, 1.807) is 0 Å². The van der Waals surface area contributed by atoms with E-state index >= 15 is 0 Å². The number of fused-ring (bicyclic) bond motifs is 1. The minimum absolute atomic E-state index is 0.0138. The van der Waals surface area contributed by atoms with E-state index in [1.807, 2.05) is 50.4 Å². The van der Waals surface area contributed by atoms with Gasteiger partial charge in [0.25, 0.3) is 5.91 Å². The lowest BCUT2D eigenvalue weighted by Gasteiger charge is -2.22. The van der Waals surface area contributed by atoms with Crippen LogP contribution in [0.25, 0.3) is 0 Å². The standard InChI is InChI=1S/C19H22N2O3/c1-14(21(2)13-15-6-4-3-5-7-15)19(22)20-16-8-9-17-18(12-16)24-11-10-23-17/h3-9,12,14H,10-11,13H2,1-2H3,(H,20,22)/p+1/t14-/m1/s1. The molecule has 0 aliphatic carbocycles. The molecular formula is C19H23N2O3+. The van der Waals surface area contributed by atoms with Crippen LogP contribution in [0, 0.1) is 0 Å². The number of quaternary nitrogens is 1. The summed E-state index contributed by atoms with van der Waals surface area (Å²) in [7, 11) is 2.03. The zero-order chi connectivity index (χ0) is 16.9. The van der Waals surface area contributed by atoms with Crippen molar-refractivity contribution in [3.8, 4) is 11.5 Å². The average Bonchev–Trinajstić information content (AvgIpc) is 2.61. The number of nitrogens with one attached hydrogen (secondary N) is 2. The Morgan fingerprint density at radius 1 is 1.12 bits per heavy atom. The molecule has 0 aromatic heterocycles. The van der Waals surface area contributed by atoms with Gasteiger partial charge in [0, 0.05) is 17.3 Å². The first-order chi connectivity index (χ1) is 11.6. The molecule has 5 heteroatoms. The first kappa shape index (κ1) is 16.3. The first-order valence-corrected chi connectivity index (χ1v) is 8.20. The molecular weight excluding hydrogens is 304 g/mol. The van der Waals surface area contributed by atoms with Gasteiger partial charge < -0.3 is 19.7 Å². The molecule has 0 radical (unpaired) electrons. The third-order valence-corrected chi connectivity index (χ3v) is 4.27. The summed E-state index contributed by atoms with van der Waals surface area (Å²) in [6.07, 6.45) is 0. The van der Waals surface area contributed by atoms with Gasteiger partial charge in [-0.3, -0.25) is 4.79 Å². The molecule has 2 aromatic carbocycles. The van der Waals surface area contributed by atoms with Crippen molar-refractivity contribution in [2.45, 2.75) is 19.5 Å². The van der Waals surface area contributed by atoms with Crippen molar-refractivity contribution in [2.24, 2.45) is 0 Å². The van der Waals surface area contributed by atoms with E-state index in [4.69, 9.17) is 9.47 Å². The van der Waals surface area contributed by atoms with Crippen LogP contribution in [0.2, 0.25) is 0 Å². The fraction of sp³-hybridized carbons (Fsp3) is 0.316. The number of carbonyl (C=O) groups excluding carboxylic acids is 1. The number of hydrogen-bond acceptors (Lipinski definition) is 3. The molecule has 1 aliphatic heterocycles. The normalized spacial score (nSPS) is 15.4. The molecule has 0 bridgehead atoms. The fourth-order valence-corrected chi connectivity index (χ4v) is 2.67. The molecule has 1 aliphatic rings. The van der Waals surface area contributed by atoms with Crippen LogP contribution in [0.3, 0.4) is 0 Å². The third-order valence-electron chi connectivity index (χ3n) is 4.27. The highest BCUT2D eigenvalue weighted by molar-refractivity contribution is 5.93. The van der Waals surface area contributed by atoms with E-state index in [2.05, 4.69) is 17.4 Å². The lowest BCUT2D eigenvalue weighted by atomic mass is 10.2. The molecule has 2 atom stereocenters. The predicted octanol–water partition coefficient (Wildman–Crippen LogP) is 1.50. The zero-order valence-corrected chi connectivity index (χ0v) is 14.0.